The zero-order valence-corrected chi connectivity index (χ0v) is 10.1. The molecule has 1 aromatic carbocycles. The molecule has 0 atom stereocenters. The van der Waals surface area contributed by atoms with Crippen molar-refractivity contribution in [2.45, 2.75) is 0 Å². The number of nitrogens with one attached hydrogen (secondary N) is 1. The first-order valence-corrected chi connectivity index (χ1v) is 7.04. The van der Waals surface area contributed by atoms with Crippen LogP contribution in [-0.4, -0.2) is 28.0 Å². The van der Waals surface area contributed by atoms with E-state index in [9.17, 15) is 9.00 Å². The molecule has 0 fully saturated rings. The summed E-state index contributed by atoms with van der Waals surface area (Å²) in [7, 11) is -2.16. The fourth-order valence-corrected chi connectivity index (χ4v) is 1.66. The van der Waals surface area contributed by atoms with Crippen molar-refractivity contribution < 1.29 is 9.00 Å². The Labute approximate surface area is 94.5 Å². The Morgan fingerprint density at radius 3 is 2.33 bits per heavy atom. The molecule has 0 spiro atoms. The van der Waals surface area contributed by atoms with E-state index < -0.39 is 9.52 Å². The Bertz CT molecular complexity index is 465. The highest BCUT2D eigenvalue weighted by atomic mass is 35.5. The maximum absolute atomic E-state index is 11.3. The van der Waals surface area contributed by atoms with Gasteiger partial charge in [0.05, 0.1) is 5.37 Å². The van der Waals surface area contributed by atoms with E-state index >= 15 is 0 Å². The number of anilines is 1. The first-order valence-electron chi connectivity index (χ1n) is 4.22. The summed E-state index contributed by atoms with van der Waals surface area (Å²) in [5, 5.41) is 4.38. The smallest absolute Gasteiger partial charge is 0.256 e. The largest absolute Gasteiger partial charge is 0.322 e. The molecular formula is C10H12ClNO2S. The molecule has 0 heterocycles. The second-order valence-corrected chi connectivity index (χ2v) is 6.71. The number of halogens is 1. The molecule has 15 heavy (non-hydrogen) atoms. The second kappa shape index (κ2) is 4.68. The van der Waals surface area contributed by atoms with E-state index in [0.717, 1.165) is 0 Å². The molecule has 1 rings (SSSR count). The van der Waals surface area contributed by atoms with E-state index in [-0.39, 0.29) is 5.91 Å². The van der Waals surface area contributed by atoms with E-state index in [1.54, 1.807) is 24.3 Å². The molecule has 0 saturated carbocycles. The Kier molecular flexibility index (Phi) is 3.77. The summed E-state index contributed by atoms with van der Waals surface area (Å²) in [4.78, 5) is 11.3. The predicted molar refractivity (Wildman–Crippen MR) is 66.1 cm³/mol. The van der Waals surface area contributed by atoms with Crippen LogP contribution in [0, 0.1) is 0 Å². The summed E-state index contributed by atoms with van der Waals surface area (Å²) in [6, 6.07) is 6.71. The summed E-state index contributed by atoms with van der Waals surface area (Å²) in [5.41, 5.74) is 0.629. The van der Waals surface area contributed by atoms with Crippen molar-refractivity contribution in [1.82, 2.24) is 0 Å². The zero-order valence-electron chi connectivity index (χ0n) is 8.49. The lowest BCUT2D eigenvalue weighted by molar-refractivity contribution is -0.109. The van der Waals surface area contributed by atoms with Crippen LogP contribution in [0.1, 0.15) is 0 Å². The van der Waals surface area contributed by atoms with Gasteiger partial charge in [0.25, 0.3) is 5.91 Å². The standard InChI is InChI=1S/C10H12ClNO2S/c1-15(2,14)7-10(13)12-9-5-3-8(11)4-6-9/h3-7H,1-2H3,(H,12,13). The highest BCUT2D eigenvalue weighted by Gasteiger charge is 2.00. The van der Waals surface area contributed by atoms with E-state index in [1.165, 1.54) is 17.9 Å². The van der Waals surface area contributed by atoms with Crippen LogP contribution >= 0.6 is 11.6 Å². The molecule has 1 N–H and O–H groups in total. The summed E-state index contributed by atoms with van der Waals surface area (Å²) in [6.07, 6.45) is 3.02. The van der Waals surface area contributed by atoms with E-state index in [4.69, 9.17) is 11.6 Å². The van der Waals surface area contributed by atoms with Gasteiger partial charge < -0.3 is 5.32 Å². The summed E-state index contributed by atoms with van der Waals surface area (Å²) in [6.45, 7) is 0. The number of amides is 1. The summed E-state index contributed by atoms with van der Waals surface area (Å²) in [5.74, 6) is -0.368. The normalized spacial score (nSPS) is 10.9. The Balaban J connectivity index is 2.76. The van der Waals surface area contributed by atoms with Crippen LogP contribution in [0.25, 0.3) is 0 Å². The van der Waals surface area contributed by atoms with Crippen molar-refractivity contribution in [1.29, 1.82) is 0 Å². The van der Waals surface area contributed by atoms with Crippen molar-refractivity contribution >= 4 is 38.1 Å². The first kappa shape index (κ1) is 12.1. The average molecular weight is 246 g/mol. The quantitative estimate of drug-likeness (QED) is 0.805. The van der Waals surface area contributed by atoms with Crippen molar-refractivity contribution in [3.8, 4) is 0 Å². The molecule has 0 aliphatic carbocycles. The molecular weight excluding hydrogens is 234 g/mol. The lowest BCUT2D eigenvalue weighted by Crippen LogP contribution is -2.17. The van der Waals surface area contributed by atoms with Gasteiger partial charge in [0.15, 0.2) is 0 Å². The van der Waals surface area contributed by atoms with E-state index in [2.05, 4.69) is 5.32 Å². The molecule has 3 nitrogen and oxygen atoms in total. The van der Waals surface area contributed by atoms with Crippen LogP contribution < -0.4 is 5.32 Å². The van der Waals surface area contributed by atoms with Gasteiger partial charge in [0, 0.05) is 23.2 Å². The third kappa shape index (κ3) is 4.85. The van der Waals surface area contributed by atoms with Gasteiger partial charge in [0.2, 0.25) is 0 Å². The first-order chi connectivity index (χ1) is 6.87. The van der Waals surface area contributed by atoms with Crippen molar-refractivity contribution in [2.75, 3.05) is 17.8 Å². The van der Waals surface area contributed by atoms with Crippen LogP contribution in [0.5, 0.6) is 0 Å². The maximum atomic E-state index is 11.3. The van der Waals surface area contributed by atoms with Crippen LogP contribution in [0.2, 0.25) is 5.02 Å². The van der Waals surface area contributed by atoms with Crippen LogP contribution in [0.4, 0.5) is 5.69 Å². The topological polar surface area (TPSA) is 46.2 Å². The van der Waals surface area contributed by atoms with Gasteiger partial charge in [-0.25, -0.2) is 0 Å². The number of rotatable bonds is 2. The van der Waals surface area contributed by atoms with Gasteiger partial charge in [-0.2, -0.15) is 0 Å². The fraction of sp³-hybridized carbons (Fsp3) is 0.200. The monoisotopic (exact) mass is 245 g/mol. The number of benzene rings is 1. The molecule has 0 aliphatic heterocycles. The molecule has 82 valence electrons. The average Bonchev–Trinajstić information content (AvgIpc) is 2.05. The van der Waals surface area contributed by atoms with Crippen molar-refractivity contribution in [2.24, 2.45) is 0 Å². The number of hydrogen-bond acceptors (Lipinski definition) is 2. The minimum atomic E-state index is -2.16. The van der Waals surface area contributed by atoms with E-state index in [1.807, 2.05) is 0 Å². The number of carbonyl (C=O) groups is 1. The fourth-order valence-electron chi connectivity index (χ4n) is 0.963. The van der Waals surface area contributed by atoms with Crippen LogP contribution in [0.3, 0.4) is 0 Å². The minimum Gasteiger partial charge on any atom is -0.322 e. The van der Waals surface area contributed by atoms with Gasteiger partial charge in [-0.15, -0.1) is 0 Å². The molecule has 1 amide bonds. The van der Waals surface area contributed by atoms with Crippen molar-refractivity contribution in [3.63, 3.8) is 0 Å². The molecule has 1 aromatic rings. The highest BCUT2D eigenvalue weighted by Crippen LogP contribution is 2.12. The lowest BCUT2D eigenvalue weighted by Gasteiger charge is -2.02. The predicted octanol–water partition coefficient (Wildman–Crippen LogP) is 1.62. The van der Waals surface area contributed by atoms with Gasteiger partial charge in [-0.05, 0) is 33.8 Å². The van der Waals surface area contributed by atoms with Gasteiger partial charge in [0.1, 0.15) is 0 Å². The van der Waals surface area contributed by atoms with E-state index in [0.29, 0.717) is 10.7 Å². The molecule has 5 heteroatoms. The molecule has 0 aromatic heterocycles. The highest BCUT2D eigenvalue weighted by molar-refractivity contribution is 8.01. The SMILES string of the molecule is CS(C)(=O)=CC(=O)Nc1ccc(Cl)cc1. The van der Waals surface area contributed by atoms with Crippen LogP contribution in [-0.2, 0) is 14.3 Å². The van der Waals surface area contributed by atoms with Gasteiger partial charge >= 0.3 is 0 Å². The molecule has 0 bridgehead atoms. The molecule has 0 unspecified atom stereocenters. The lowest BCUT2D eigenvalue weighted by atomic mass is 10.3. The second-order valence-electron chi connectivity index (χ2n) is 3.42. The number of carbonyl (C=O) groups excluding carboxylic acids is 1. The summed E-state index contributed by atoms with van der Waals surface area (Å²) < 4.78 is 11.3. The van der Waals surface area contributed by atoms with Gasteiger partial charge in [-0.3, -0.25) is 9.00 Å². The van der Waals surface area contributed by atoms with Crippen molar-refractivity contribution in [3.05, 3.63) is 29.3 Å². The molecule has 0 aliphatic rings. The minimum absolute atomic E-state index is 0.368. The number of hydrogen-bond donors (Lipinski definition) is 1. The maximum Gasteiger partial charge on any atom is 0.256 e. The molecule has 0 radical (unpaired) electrons. The molecule has 0 saturated heterocycles. The third-order valence-electron chi connectivity index (χ3n) is 1.50. The summed E-state index contributed by atoms with van der Waals surface area (Å²) >= 11 is 5.69. The third-order valence-corrected chi connectivity index (χ3v) is 2.54. The Hall–Kier alpha value is -1.00. The van der Waals surface area contributed by atoms with Gasteiger partial charge in [-0.1, -0.05) is 11.6 Å². The Morgan fingerprint density at radius 2 is 1.87 bits per heavy atom. The van der Waals surface area contributed by atoms with Crippen LogP contribution in [0.15, 0.2) is 24.3 Å². The zero-order chi connectivity index (χ0) is 11.5. The Morgan fingerprint density at radius 1 is 1.33 bits per heavy atom.